The van der Waals surface area contributed by atoms with Crippen LogP contribution in [-0.4, -0.2) is 9.78 Å². The Kier molecular flexibility index (Phi) is 4.28. The summed E-state index contributed by atoms with van der Waals surface area (Å²) < 4.78 is 16.0. The standard InChI is InChI=1S/C13H14BrClFN3/c1-7-9(13(15)19(2)18-7)6-11(17)8-4-3-5-10(14)12(8)16/h3-5,11H,6,17H2,1-2H3. The molecule has 0 radical (unpaired) electrons. The number of benzene rings is 1. The average molecular weight is 347 g/mol. The number of halogens is 3. The van der Waals surface area contributed by atoms with Crippen LogP contribution in [0.1, 0.15) is 22.9 Å². The molecule has 1 aromatic heterocycles. The van der Waals surface area contributed by atoms with E-state index < -0.39 is 6.04 Å². The first-order valence-corrected chi connectivity index (χ1v) is 6.96. The van der Waals surface area contributed by atoms with Crippen LogP contribution >= 0.6 is 27.5 Å². The first-order chi connectivity index (χ1) is 8.91. The van der Waals surface area contributed by atoms with Crippen molar-refractivity contribution < 1.29 is 4.39 Å². The molecule has 1 aromatic carbocycles. The van der Waals surface area contributed by atoms with Crippen molar-refractivity contribution in [1.29, 1.82) is 0 Å². The predicted molar refractivity (Wildman–Crippen MR) is 77.7 cm³/mol. The molecule has 0 fully saturated rings. The molecule has 19 heavy (non-hydrogen) atoms. The summed E-state index contributed by atoms with van der Waals surface area (Å²) in [6.45, 7) is 1.87. The second kappa shape index (κ2) is 5.61. The minimum Gasteiger partial charge on any atom is -0.324 e. The number of aromatic nitrogens is 2. The van der Waals surface area contributed by atoms with E-state index in [1.807, 2.05) is 6.92 Å². The van der Waals surface area contributed by atoms with Crippen LogP contribution in [0.25, 0.3) is 0 Å². The SMILES string of the molecule is Cc1nn(C)c(Cl)c1CC(N)c1cccc(Br)c1F. The molecule has 0 saturated heterocycles. The van der Waals surface area contributed by atoms with Gasteiger partial charge in [-0.15, -0.1) is 0 Å². The van der Waals surface area contributed by atoms with Crippen LogP contribution in [0.3, 0.4) is 0 Å². The van der Waals surface area contributed by atoms with E-state index in [0.29, 0.717) is 21.6 Å². The Hall–Kier alpha value is -0.910. The van der Waals surface area contributed by atoms with Gasteiger partial charge in [-0.25, -0.2) is 4.39 Å². The Bertz CT molecular complexity index is 612. The van der Waals surface area contributed by atoms with E-state index in [0.717, 1.165) is 11.3 Å². The normalized spacial score (nSPS) is 12.7. The van der Waals surface area contributed by atoms with Crippen LogP contribution in [0.15, 0.2) is 22.7 Å². The Morgan fingerprint density at radius 2 is 2.21 bits per heavy atom. The number of aryl methyl sites for hydroxylation is 2. The summed E-state index contributed by atoms with van der Waals surface area (Å²) in [5.74, 6) is -0.326. The molecule has 0 spiro atoms. The monoisotopic (exact) mass is 345 g/mol. The third kappa shape index (κ3) is 2.83. The topological polar surface area (TPSA) is 43.8 Å². The summed E-state index contributed by atoms with van der Waals surface area (Å²) in [5.41, 5.74) is 8.23. The van der Waals surface area contributed by atoms with Crippen molar-refractivity contribution in [1.82, 2.24) is 9.78 Å². The summed E-state index contributed by atoms with van der Waals surface area (Å²) in [7, 11) is 1.77. The number of hydrogen-bond donors (Lipinski definition) is 1. The number of hydrogen-bond acceptors (Lipinski definition) is 2. The highest BCUT2D eigenvalue weighted by molar-refractivity contribution is 9.10. The molecular weight excluding hydrogens is 333 g/mol. The summed E-state index contributed by atoms with van der Waals surface area (Å²) in [6, 6.07) is 4.64. The highest BCUT2D eigenvalue weighted by Crippen LogP contribution is 2.28. The smallest absolute Gasteiger partial charge is 0.142 e. The predicted octanol–water partition coefficient (Wildman–Crippen LogP) is 3.53. The highest BCUT2D eigenvalue weighted by Gasteiger charge is 2.19. The molecule has 1 unspecified atom stereocenters. The zero-order chi connectivity index (χ0) is 14.2. The van der Waals surface area contributed by atoms with Gasteiger partial charge in [0.1, 0.15) is 11.0 Å². The molecule has 3 nitrogen and oxygen atoms in total. The van der Waals surface area contributed by atoms with Gasteiger partial charge < -0.3 is 5.73 Å². The molecule has 102 valence electrons. The van der Waals surface area contributed by atoms with E-state index >= 15 is 0 Å². The van der Waals surface area contributed by atoms with Crippen molar-refractivity contribution in [3.8, 4) is 0 Å². The van der Waals surface area contributed by atoms with E-state index in [4.69, 9.17) is 17.3 Å². The van der Waals surface area contributed by atoms with Crippen molar-refractivity contribution in [2.24, 2.45) is 12.8 Å². The van der Waals surface area contributed by atoms with Crippen LogP contribution < -0.4 is 5.73 Å². The first-order valence-electron chi connectivity index (χ1n) is 5.79. The maximum absolute atomic E-state index is 14.0. The van der Waals surface area contributed by atoms with Gasteiger partial charge in [0.15, 0.2) is 0 Å². The fourth-order valence-electron chi connectivity index (χ4n) is 2.04. The van der Waals surface area contributed by atoms with Gasteiger partial charge in [-0.1, -0.05) is 23.7 Å². The molecule has 0 bridgehead atoms. The van der Waals surface area contributed by atoms with Crippen LogP contribution in [0.2, 0.25) is 5.15 Å². The molecule has 0 amide bonds. The Morgan fingerprint density at radius 3 is 2.79 bits per heavy atom. The first kappa shape index (κ1) is 14.5. The Labute approximate surface area is 124 Å². The van der Waals surface area contributed by atoms with Gasteiger partial charge in [0.2, 0.25) is 0 Å². The van der Waals surface area contributed by atoms with Crippen LogP contribution in [0, 0.1) is 12.7 Å². The van der Waals surface area contributed by atoms with Gasteiger partial charge in [-0.2, -0.15) is 5.10 Å². The second-order valence-electron chi connectivity index (χ2n) is 4.43. The van der Waals surface area contributed by atoms with Crippen molar-refractivity contribution in [3.63, 3.8) is 0 Å². The van der Waals surface area contributed by atoms with Gasteiger partial charge in [-0.3, -0.25) is 4.68 Å². The lowest BCUT2D eigenvalue weighted by Crippen LogP contribution is -2.15. The van der Waals surface area contributed by atoms with Gasteiger partial charge in [0.25, 0.3) is 0 Å². The largest absolute Gasteiger partial charge is 0.324 e. The lowest BCUT2D eigenvalue weighted by Gasteiger charge is -2.13. The second-order valence-corrected chi connectivity index (χ2v) is 5.64. The van der Waals surface area contributed by atoms with Gasteiger partial charge in [0.05, 0.1) is 10.2 Å². The third-order valence-corrected chi connectivity index (χ3v) is 4.16. The lowest BCUT2D eigenvalue weighted by molar-refractivity contribution is 0.574. The Balaban J connectivity index is 2.31. The van der Waals surface area contributed by atoms with E-state index in [2.05, 4.69) is 21.0 Å². The van der Waals surface area contributed by atoms with Crippen molar-refractivity contribution in [3.05, 3.63) is 50.5 Å². The van der Waals surface area contributed by atoms with Crippen molar-refractivity contribution >= 4 is 27.5 Å². The fourth-order valence-corrected chi connectivity index (χ4v) is 2.68. The molecule has 2 N–H and O–H groups in total. The van der Waals surface area contributed by atoms with Gasteiger partial charge >= 0.3 is 0 Å². The summed E-state index contributed by atoms with van der Waals surface area (Å²) in [4.78, 5) is 0. The van der Waals surface area contributed by atoms with E-state index in [1.165, 1.54) is 0 Å². The van der Waals surface area contributed by atoms with Crippen LogP contribution in [-0.2, 0) is 13.5 Å². The van der Waals surface area contributed by atoms with Crippen molar-refractivity contribution in [2.75, 3.05) is 0 Å². The highest BCUT2D eigenvalue weighted by atomic mass is 79.9. The molecule has 2 rings (SSSR count). The van der Waals surface area contributed by atoms with E-state index in [9.17, 15) is 4.39 Å². The number of rotatable bonds is 3. The molecule has 0 aliphatic rings. The lowest BCUT2D eigenvalue weighted by atomic mass is 10.00. The number of nitrogens with two attached hydrogens (primary N) is 1. The summed E-state index contributed by atoms with van der Waals surface area (Å²) in [6.07, 6.45) is 0.450. The van der Waals surface area contributed by atoms with Gasteiger partial charge in [0, 0.05) is 24.2 Å². The van der Waals surface area contributed by atoms with Crippen molar-refractivity contribution in [2.45, 2.75) is 19.4 Å². The minimum absolute atomic E-state index is 0.326. The molecule has 0 aliphatic carbocycles. The van der Waals surface area contributed by atoms with E-state index in [-0.39, 0.29) is 5.82 Å². The molecule has 0 saturated carbocycles. The molecular formula is C13H14BrClFN3. The fraction of sp³-hybridized carbons (Fsp3) is 0.308. The maximum Gasteiger partial charge on any atom is 0.142 e. The summed E-state index contributed by atoms with van der Waals surface area (Å²) in [5, 5.41) is 4.77. The Morgan fingerprint density at radius 1 is 1.53 bits per heavy atom. The molecule has 6 heteroatoms. The third-order valence-electron chi connectivity index (χ3n) is 3.07. The quantitative estimate of drug-likeness (QED) is 0.924. The average Bonchev–Trinajstić information content (AvgIpc) is 2.59. The molecule has 1 heterocycles. The minimum atomic E-state index is -0.460. The molecule has 1 atom stereocenters. The zero-order valence-electron chi connectivity index (χ0n) is 10.6. The maximum atomic E-state index is 14.0. The summed E-state index contributed by atoms with van der Waals surface area (Å²) >= 11 is 9.32. The molecule has 2 aromatic rings. The van der Waals surface area contributed by atoms with Crippen LogP contribution in [0.5, 0.6) is 0 Å². The van der Waals surface area contributed by atoms with Crippen LogP contribution in [0.4, 0.5) is 4.39 Å². The van der Waals surface area contributed by atoms with E-state index in [1.54, 1.807) is 29.9 Å². The molecule has 0 aliphatic heterocycles. The van der Waals surface area contributed by atoms with Gasteiger partial charge in [-0.05, 0) is 35.3 Å². The number of nitrogens with zero attached hydrogens (tertiary/aromatic N) is 2. The zero-order valence-corrected chi connectivity index (χ0v) is 13.0.